The number of rotatable bonds is 23. The molecule has 1 aliphatic heterocycles. The zero-order valence-electron chi connectivity index (χ0n) is 27.0. The van der Waals surface area contributed by atoms with Gasteiger partial charge in [-0.2, -0.15) is 0 Å². The summed E-state index contributed by atoms with van der Waals surface area (Å²) in [6.45, 7) is 16.0. The van der Waals surface area contributed by atoms with Crippen molar-refractivity contribution in [3.8, 4) is 0 Å². The van der Waals surface area contributed by atoms with Crippen LogP contribution in [-0.4, -0.2) is 48.4 Å². The number of nitrogens with zero attached hydrogens (tertiary/aromatic N) is 2. The number of hydrogen-bond acceptors (Lipinski definition) is 2. The molecule has 3 heteroatoms. The summed E-state index contributed by atoms with van der Waals surface area (Å²) >= 11 is 0. The zero-order chi connectivity index (χ0) is 28.6. The van der Waals surface area contributed by atoms with E-state index in [9.17, 15) is 4.79 Å². The lowest BCUT2D eigenvalue weighted by molar-refractivity contribution is -0.133. The minimum Gasteiger partial charge on any atom is -0.340 e. The van der Waals surface area contributed by atoms with E-state index in [1.807, 2.05) is 0 Å². The average Bonchev–Trinajstić information content (AvgIpc) is 2.92. The second kappa shape index (κ2) is 24.4. The van der Waals surface area contributed by atoms with Gasteiger partial charge in [0.1, 0.15) is 0 Å². The lowest BCUT2D eigenvalue weighted by Gasteiger charge is -2.34. The van der Waals surface area contributed by atoms with E-state index in [1.54, 1.807) is 0 Å². The molecule has 0 aromatic rings. The summed E-state index contributed by atoms with van der Waals surface area (Å²) in [5, 5.41) is 0. The molecule has 0 bridgehead atoms. The highest BCUT2D eigenvalue weighted by Crippen LogP contribution is 2.15. The number of amides is 1. The normalized spacial score (nSPS) is 15.2. The van der Waals surface area contributed by atoms with Gasteiger partial charge in [-0.3, -0.25) is 9.69 Å². The Bertz CT molecular complexity index is 693. The monoisotopic (exact) mass is 543 g/mol. The Kier molecular flexibility index (Phi) is 22.4. The molecule has 226 valence electrons. The summed E-state index contributed by atoms with van der Waals surface area (Å²) in [6.07, 6.45) is 31.6. The van der Waals surface area contributed by atoms with Crippen molar-refractivity contribution in [1.29, 1.82) is 0 Å². The van der Waals surface area contributed by atoms with Crippen LogP contribution < -0.4 is 0 Å². The fourth-order valence-corrected chi connectivity index (χ4v) is 5.43. The third-order valence-corrected chi connectivity index (χ3v) is 8.29. The molecule has 0 aromatic carbocycles. The summed E-state index contributed by atoms with van der Waals surface area (Å²) in [6, 6.07) is 0. The van der Waals surface area contributed by atoms with Gasteiger partial charge in [-0.1, -0.05) is 125 Å². The van der Waals surface area contributed by atoms with Gasteiger partial charge in [-0.15, -0.1) is 0 Å². The topological polar surface area (TPSA) is 23.6 Å². The molecule has 0 aliphatic carbocycles. The molecule has 1 amide bonds. The first kappa shape index (κ1) is 35.7. The number of unbranched alkanes of at least 4 members (excludes halogenated alkanes) is 13. The molecule has 3 nitrogen and oxygen atoms in total. The van der Waals surface area contributed by atoms with Crippen LogP contribution in [0, 0.1) is 0 Å². The van der Waals surface area contributed by atoms with Crippen LogP contribution in [-0.2, 0) is 4.79 Å². The number of allylic oxidation sites excluding steroid dienone is 5. The third kappa shape index (κ3) is 21.1. The van der Waals surface area contributed by atoms with Gasteiger partial charge in [0, 0.05) is 39.1 Å². The van der Waals surface area contributed by atoms with Crippen molar-refractivity contribution in [2.45, 2.75) is 157 Å². The maximum atomic E-state index is 12.6. The van der Waals surface area contributed by atoms with Crippen molar-refractivity contribution in [3.63, 3.8) is 0 Å². The summed E-state index contributed by atoms with van der Waals surface area (Å²) in [4.78, 5) is 17.3. The summed E-state index contributed by atoms with van der Waals surface area (Å²) in [5.41, 5.74) is 4.41. The van der Waals surface area contributed by atoms with Crippen molar-refractivity contribution in [1.82, 2.24) is 9.80 Å². The van der Waals surface area contributed by atoms with Crippen LogP contribution in [0.25, 0.3) is 0 Å². The lowest BCUT2D eigenvalue weighted by Crippen LogP contribution is -2.48. The van der Waals surface area contributed by atoms with Gasteiger partial charge in [-0.25, -0.2) is 0 Å². The predicted molar refractivity (Wildman–Crippen MR) is 173 cm³/mol. The second-order valence-corrected chi connectivity index (χ2v) is 12.5. The average molecular weight is 543 g/mol. The fourth-order valence-electron chi connectivity index (χ4n) is 5.43. The van der Waals surface area contributed by atoms with Crippen molar-refractivity contribution in [3.05, 3.63) is 34.9 Å². The van der Waals surface area contributed by atoms with Crippen LogP contribution in [0.15, 0.2) is 34.9 Å². The van der Waals surface area contributed by atoms with Gasteiger partial charge < -0.3 is 4.90 Å². The molecule has 1 aliphatic rings. The highest BCUT2D eigenvalue weighted by molar-refractivity contribution is 5.76. The molecular formula is C36H66N2O. The first-order valence-electron chi connectivity index (χ1n) is 16.9. The number of piperazine rings is 1. The van der Waals surface area contributed by atoms with Crippen LogP contribution in [0.4, 0.5) is 0 Å². The van der Waals surface area contributed by atoms with Crippen molar-refractivity contribution in [2.24, 2.45) is 0 Å². The van der Waals surface area contributed by atoms with E-state index in [1.165, 1.54) is 107 Å². The fraction of sp³-hybridized carbons (Fsp3) is 0.806. The molecule has 1 saturated heterocycles. The Morgan fingerprint density at radius 2 is 1.03 bits per heavy atom. The van der Waals surface area contributed by atoms with E-state index in [0.717, 1.165) is 64.8 Å². The van der Waals surface area contributed by atoms with Crippen LogP contribution in [0.1, 0.15) is 157 Å². The molecule has 1 heterocycles. The van der Waals surface area contributed by atoms with Crippen molar-refractivity contribution >= 4 is 5.91 Å². The maximum absolute atomic E-state index is 12.6. The summed E-state index contributed by atoms with van der Waals surface area (Å²) in [7, 11) is 0. The largest absolute Gasteiger partial charge is 0.340 e. The van der Waals surface area contributed by atoms with E-state index >= 15 is 0 Å². The molecular weight excluding hydrogens is 476 g/mol. The number of hydrogen-bond donors (Lipinski definition) is 0. The molecule has 0 atom stereocenters. The van der Waals surface area contributed by atoms with E-state index in [0.29, 0.717) is 5.91 Å². The molecule has 0 aromatic heterocycles. The molecule has 0 N–H and O–H groups in total. The quantitative estimate of drug-likeness (QED) is 0.0947. The third-order valence-electron chi connectivity index (χ3n) is 8.29. The highest BCUT2D eigenvalue weighted by Gasteiger charge is 2.19. The van der Waals surface area contributed by atoms with Gasteiger partial charge in [0.25, 0.3) is 0 Å². The molecule has 1 rings (SSSR count). The highest BCUT2D eigenvalue weighted by atomic mass is 16.2. The summed E-state index contributed by atoms with van der Waals surface area (Å²) in [5.74, 6) is 0.382. The van der Waals surface area contributed by atoms with Gasteiger partial charge >= 0.3 is 0 Å². The first-order chi connectivity index (χ1) is 18.9. The van der Waals surface area contributed by atoms with E-state index in [4.69, 9.17) is 0 Å². The Balaban J connectivity index is 2.01. The van der Waals surface area contributed by atoms with Gasteiger partial charge in [-0.05, 0) is 59.8 Å². The smallest absolute Gasteiger partial charge is 0.222 e. The van der Waals surface area contributed by atoms with E-state index < -0.39 is 0 Å². The van der Waals surface area contributed by atoms with E-state index in [2.05, 4.69) is 62.6 Å². The second-order valence-electron chi connectivity index (χ2n) is 12.5. The Labute approximate surface area is 244 Å². The van der Waals surface area contributed by atoms with Gasteiger partial charge in [0.2, 0.25) is 5.91 Å². The molecule has 39 heavy (non-hydrogen) atoms. The predicted octanol–water partition coefficient (Wildman–Crippen LogP) is 10.4. The van der Waals surface area contributed by atoms with Gasteiger partial charge in [0.05, 0.1) is 0 Å². The van der Waals surface area contributed by atoms with Crippen molar-refractivity contribution in [2.75, 3.05) is 32.7 Å². The van der Waals surface area contributed by atoms with Crippen molar-refractivity contribution < 1.29 is 4.79 Å². The standard InChI is InChI=1S/C36H66N2O/c1-6-7-8-9-10-11-12-13-14-15-16-17-18-19-26-36(39)38-31-29-37(30-32-38)28-27-35(5)25-21-24-34(4)23-20-22-33(2)3/h22,24,27H,6-21,23,25-26,28-32H2,1-5H3. The van der Waals surface area contributed by atoms with Crippen LogP contribution >= 0.6 is 0 Å². The molecule has 1 fully saturated rings. The van der Waals surface area contributed by atoms with Crippen LogP contribution in [0.2, 0.25) is 0 Å². The Morgan fingerprint density at radius 3 is 1.54 bits per heavy atom. The van der Waals surface area contributed by atoms with Gasteiger partial charge in [0.15, 0.2) is 0 Å². The maximum Gasteiger partial charge on any atom is 0.222 e. The van der Waals surface area contributed by atoms with E-state index in [-0.39, 0.29) is 0 Å². The Hall–Kier alpha value is -1.35. The molecule has 0 spiro atoms. The van der Waals surface area contributed by atoms with Crippen LogP contribution in [0.3, 0.4) is 0 Å². The molecule has 0 saturated carbocycles. The minimum absolute atomic E-state index is 0.382. The zero-order valence-corrected chi connectivity index (χ0v) is 27.0. The Morgan fingerprint density at radius 1 is 0.564 bits per heavy atom. The molecule has 0 unspecified atom stereocenters. The summed E-state index contributed by atoms with van der Waals surface area (Å²) < 4.78 is 0. The minimum atomic E-state index is 0.382. The number of carbonyl (C=O) groups is 1. The lowest BCUT2D eigenvalue weighted by atomic mass is 10.0. The number of carbonyl (C=O) groups excluding carboxylic acids is 1. The molecule has 0 radical (unpaired) electrons. The van der Waals surface area contributed by atoms with Crippen LogP contribution in [0.5, 0.6) is 0 Å². The SMILES string of the molecule is CCCCCCCCCCCCCCCCC(=O)N1CCN(CC=C(C)CCC=C(C)CCC=C(C)C)CC1. The first-order valence-corrected chi connectivity index (χ1v) is 16.9.